The van der Waals surface area contributed by atoms with E-state index in [-0.39, 0.29) is 0 Å². The molecular formula is C17H27Br2N. The fourth-order valence-electron chi connectivity index (χ4n) is 2.39. The lowest BCUT2D eigenvalue weighted by Gasteiger charge is -2.16. The quantitative estimate of drug-likeness (QED) is 0.322. The summed E-state index contributed by atoms with van der Waals surface area (Å²) in [7, 11) is 2.22. The van der Waals surface area contributed by atoms with E-state index in [1.165, 1.54) is 61.5 Å². The van der Waals surface area contributed by atoms with Crippen LogP contribution in [0.1, 0.15) is 50.5 Å². The summed E-state index contributed by atoms with van der Waals surface area (Å²) in [6, 6.07) is 8.60. The van der Waals surface area contributed by atoms with Gasteiger partial charge in [0.15, 0.2) is 0 Å². The Balaban J connectivity index is 2.01. The molecule has 20 heavy (non-hydrogen) atoms. The van der Waals surface area contributed by atoms with Crippen LogP contribution in [0.4, 0.5) is 0 Å². The molecule has 0 heterocycles. The molecule has 0 N–H and O–H groups in total. The van der Waals surface area contributed by atoms with E-state index < -0.39 is 0 Å². The first-order valence-electron chi connectivity index (χ1n) is 7.71. The lowest BCUT2D eigenvalue weighted by atomic mass is 10.1. The number of rotatable bonds is 11. The van der Waals surface area contributed by atoms with Crippen LogP contribution in [0.2, 0.25) is 0 Å². The molecule has 0 amide bonds. The Kier molecular flexibility index (Phi) is 10.7. The van der Waals surface area contributed by atoms with E-state index in [1.54, 1.807) is 0 Å². The third-order valence-corrected chi connectivity index (χ3v) is 4.57. The number of nitrogens with zero attached hydrogens (tertiary/aromatic N) is 1. The summed E-state index contributed by atoms with van der Waals surface area (Å²) in [5.74, 6) is 0. The summed E-state index contributed by atoms with van der Waals surface area (Å²) < 4.78 is 1.17. The standard InChI is InChI=1S/C17H27Br2N/c1-20(15-16-10-9-11-17(19)14-16)13-8-6-4-2-3-5-7-12-18/h9-11,14H,2-8,12-13,15H2,1H3. The average molecular weight is 405 g/mol. The molecule has 114 valence electrons. The molecule has 0 saturated heterocycles. The van der Waals surface area contributed by atoms with Gasteiger partial charge in [0.25, 0.3) is 0 Å². The number of alkyl halides is 1. The number of halogens is 2. The van der Waals surface area contributed by atoms with Crippen LogP contribution in [0.15, 0.2) is 28.7 Å². The molecule has 0 unspecified atom stereocenters. The first-order chi connectivity index (χ1) is 9.72. The minimum atomic E-state index is 1.05. The molecule has 1 nitrogen and oxygen atoms in total. The molecule has 0 spiro atoms. The van der Waals surface area contributed by atoms with Crippen molar-refractivity contribution in [3.05, 3.63) is 34.3 Å². The summed E-state index contributed by atoms with van der Waals surface area (Å²) in [6.07, 6.45) is 9.61. The maximum absolute atomic E-state index is 3.53. The highest BCUT2D eigenvalue weighted by molar-refractivity contribution is 9.10. The molecule has 0 radical (unpaired) electrons. The molecular weight excluding hydrogens is 378 g/mol. The lowest BCUT2D eigenvalue weighted by molar-refractivity contribution is 0.316. The highest BCUT2D eigenvalue weighted by Gasteiger charge is 2.01. The van der Waals surface area contributed by atoms with Crippen LogP contribution >= 0.6 is 31.9 Å². The Labute approximate surface area is 141 Å². The van der Waals surface area contributed by atoms with E-state index in [0.717, 1.165) is 11.9 Å². The zero-order valence-electron chi connectivity index (χ0n) is 12.6. The van der Waals surface area contributed by atoms with Gasteiger partial charge >= 0.3 is 0 Å². The van der Waals surface area contributed by atoms with Gasteiger partial charge in [-0.15, -0.1) is 0 Å². The smallest absolute Gasteiger partial charge is 0.0231 e. The molecule has 3 heteroatoms. The second kappa shape index (κ2) is 11.8. The maximum Gasteiger partial charge on any atom is 0.0231 e. The van der Waals surface area contributed by atoms with Crippen molar-refractivity contribution in [1.82, 2.24) is 4.90 Å². The van der Waals surface area contributed by atoms with Gasteiger partial charge in [-0.1, -0.05) is 76.1 Å². The van der Waals surface area contributed by atoms with Gasteiger partial charge in [-0.05, 0) is 44.1 Å². The van der Waals surface area contributed by atoms with Crippen molar-refractivity contribution in [3.63, 3.8) is 0 Å². The van der Waals surface area contributed by atoms with E-state index in [2.05, 4.69) is 68.1 Å². The van der Waals surface area contributed by atoms with Crippen LogP contribution in [-0.4, -0.2) is 23.8 Å². The normalized spacial score (nSPS) is 11.2. The van der Waals surface area contributed by atoms with Crippen LogP contribution < -0.4 is 0 Å². The van der Waals surface area contributed by atoms with Gasteiger partial charge in [-0.2, -0.15) is 0 Å². The van der Waals surface area contributed by atoms with Gasteiger partial charge in [0.2, 0.25) is 0 Å². The Morgan fingerprint density at radius 3 is 2.25 bits per heavy atom. The second-order valence-corrected chi connectivity index (χ2v) is 7.24. The first kappa shape index (κ1) is 18.2. The lowest BCUT2D eigenvalue weighted by Crippen LogP contribution is -2.19. The number of hydrogen-bond acceptors (Lipinski definition) is 1. The minimum absolute atomic E-state index is 1.05. The Morgan fingerprint density at radius 2 is 1.60 bits per heavy atom. The zero-order chi connectivity index (χ0) is 14.6. The molecule has 0 aromatic heterocycles. The maximum atomic E-state index is 3.53. The predicted octanol–water partition coefficient (Wildman–Crippen LogP) is 6.01. The van der Waals surface area contributed by atoms with Crippen LogP contribution in [0, 0.1) is 0 Å². The van der Waals surface area contributed by atoms with Gasteiger partial charge in [0, 0.05) is 16.3 Å². The third kappa shape index (κ3) is 9.15. The molecule has 0 saturated carbocycles. The molecule has 1 aromatic rings. The zero-order valence-corrected chi connectivity index (χ0v) is 15.8. The summed E-state index contributed by atoms with van der Waals surface area (Å²) >= 11 is 7.01. The van der Waals surface area contributed by atoms with Crippen molar-refractivity contribution in [1.29, 1.82) is 0 Å². The van der Waals surface area contributed by atoms with Crippen molar-refractivity contribution >= 4 is 31.9 Å². The van der Waals surface area contributed by atoms with Gasteiger partial charge in [0.1, 0.15) is 0 Å². The van der Waals surface area contributed by atoms with Gasteiger partial charge in [-0.3, -0.25) is 0 Å². The average Bonchev–Trinajstić information content (AvgIpc) is 2.42. The van der Waals surface area contributed by atoms with E-state index in [4.69, 9.17) is 0 Å². The highest BCUT2D eigenvalue weighted by Crippen LogP contribution is 2.13. The van der Waals surface area contributed by atoms with Crippen LogP contribution in [-0.2, 0) is 6.54 Å². The Morgan fingerprint density at radius 1 is 0.950 bits per heavy atom. The fourth-order valence-corrected chi connectivity index (χ4v) is 3.23. The molecule has 0 atom stereocenters. The van der Waals surface area contributed by atoms with Crippen molar-refractivity contribution in [2.24, 2.45) is 0 Å². The number of hydrogen-bond donors (Lipinski definition) is 0. The summed E-state index contributed by atoms with van der Waals surface area (Å²) in [6.45, 7) is 2.25. The van der Waals surface area contributed by atoms with E-state index in [0.29, 0.717) is 0 Å². The molecule has 1 rings (SSSR count). The van der Waals surface area contributed by atoms with Crippen molar-refractivity contribution in [2.75, 3.05) is 18.9 Å². The number of unbranched alkanes of at least 4 members (excludes halogenated alkanes) is 6. The summed E-state index contributed by atoms with van der Waals surface area (Å²) in [5, 5.41) is 1.16. The van der Waals surface area contributed by atoms with Crippen LogP contribution in [0.3, 0.4) is 0 Å². The molecule has 1 aromatic carbocycles. The Bertz CT molecular complexity index is 355. The Hall–Kier alpha value is 0.140. The van der Waals surface area contributed by atoms with E-state index >= 15 is 0 Å². The predicted molar refractivity (Wildman–Crippen MR) is 96.6 cm³/mol. The SMILES string of the molecule is CN(CCCCCCCCCBr)Cc1cccc(Br)c1. The number of benzene rings is 1. The van der Waals surface area contributed by atoms with Gasteiger partial charge < -0.3 is 4.90 Å². The molecule has 0 bridgehead atoms. The highest BCUT2D eigenvalue weighted by atomic mass is 79.9. The summed E-state index contributed by atoms with van der Waals surface area (Å²) in [5.41, 5.74) is 1.39. The van der Waals surface area contributed by atoms with E-state index in [9.17, 15) is 0 Å². The monoisotopic (exact) mass is 403 g/mol. The van der Waals surface area contributed by atoms with Crippen LogP contribution in [0.5, 0.6) is 0 Å². The topological polar surface area (TPSA) is 3.24 Å². The van der Waals surface area contributed by atoms with Crippen molar-refractivity contribution in [2.45, 2.75) is 51.5 Å². The molecule has 0 fully saturated rings. The molecule has 0 aliphatic heterocycles. The van der Waals surface area contributed by atoms with Crippen molar-refractivity contribution < 1.29 is 0 Å². The van der Waals surface area contributed by atoms with Crippen LogP contribution in [0.25, 0.3) is 0 Å². The fraction of sp³-hybridized carbons (Fsp3) is 0.647. The van der Waals surface area contributed by atoms with Gasteiger partial charge in [-0.25, -0.2) is 0 Å². The second-order valence-electron chi connectivity index (χ2n) is 5.53. The van der Waals surface area contributed by atoms with E-state index in [1.807, 2.05) is 0 Å². The van der Waals surface area contributed by atoms with Gasteiger partial charge in [0.05, 0.1) is 0 Å². The van der Waals surface area contributed by atoms with Crippen molar-refractivity contribution in [3.8, 4) is 0 Å². The first-order valence-corrected chi connectivity index (χ1v) is 9.63. The summed E-state index contributed by atoms with van der Waals surface area (Å²) in [4.78, 5) is 2.42. The molecule has 0 aliphatic carbocycles. The minimum Gasteiger partial charge on any atom is -0.302 e. The third-order valence-electron chi connectivity index (χ3n) is 3.51. The molecule has 0 aliphatic rings. The largest absolute Gasteiger partial charge is 0.302 e.